The van der Waals surface area contributed by atoms with Gasteiger partial charge in [0.05, 0.1) is 6.20 Å². The largest absolute Gasteiger partial charge is 0.362 e. The molecule has 8 nitrogen and oxygen atoms in total. The van der Waals surface area contributed by atoms with E-state index in [4.69, 9.17) is 0 Å². The molecule has 4 rings (SSSR count). The van der Waals surface area contributed by atoms with Gasteiger partial charge in [0.2, 0.25) is 10.7 Å². The van der Waals surface area contributed by atoms with E-state index in [1.54, 1.807) is 18.3 Å². The van der Waals surface area contributed by atoms with Crippen molar-refractivity contribution in [3.63, 3.8) is 0 Å². The maximum absolute atomic E-state index is 11.5. The molecule has 1 saturated carbocycles. The monoisotopic (exact) mass is 344 g/mol. The summed E-state index contributed by atoms with van der Waals surface area (Å²) in [5, 5.41) is 21.1. The van der Waals surface area contributed by atoms with Gasteiger partial charge in [-0.2, -0.15) is 9.38 Å². The van der Waals surface area contributed by atoms with E-state index in [0.29, 0.717) is 21.9 Å². The summed E-state index contributed by atoms with van der Waals surface area (Å²) in [7, 11) is 0. The number of aromatic nitrogens is 5. The van der Waals surface area contributed by atoms with Crippen LogP contribution in [0.4, 0.5) is 5.82 Å². The van der Waals surface area contributed by atoms with Crippen molar-refractivity contribution < 1.29 is 4.92 Å². The predicted octanol–water partition coefficient (Wildman–Crippen LogP) is 3.44. The zero-order valence-corrected chi connectivity index (χ0v) is 14.1. The Labute approximate surface area is 142 Å². The van der Waals surface area contributed by atoms with Crippen LogP contribution in [0.15, 0.2) is 34.6 Å². The van der Waals surface area contributed by atoms with Gasteiger partial charge in [0.25, 0.3) is 0 Å². The first-order valence-corrected chi connectivity index (χ1v) is 8.62. The average Bonchev–Trinajstić information content (AvgIpc) is 3.17. The molecule has 0 spiro atoms. The van der Waals surface area contributed by atoms with Crippen molar-refractivity contribution in [2.24, 2.45) is 0 Å². The highest BCUT2D eigenvalue weighted by Crippen LogP contribution is 2.42. The molecule has 1 aliphatic rings. The summed E-state index contributed by atoms with van der Waals surface area (Å²) in [5.74, 6) is 1.14. The van der Waals surface area contributed by atoms with Crippen LogP contribution in [-0.4, -0.2) is 29.1 Å². The standard InChI is InChI=1S/C15H16N6O2S/c1-9(2)12-17-18-15(20(12)10-6-7-10)24-13-14(21(22)23)19-8-4-3-5-11(19)16-13/h3-5,8-10H,6-7H2,1-2H3. The lowest BCUT2D eigenvalue weighted by Gasteiger charge is -2.09. The fourth-order valence-electron chi connectivity index (χ4n) is 2.71. The smallest absolute Gasteiger partial charge is 0.358 e. The maximum Gasteiger partial charge on any atom is 0.362 e. The van der Waals surface area contributed by atoms with Gasteiger partial charge in [0.1, 0.15) is 5.82 Å². The second kappa shape index (κ2) is 5.59. The van der Waals surface area contributed by atoms with Crippen LogP contribution in [0.2, 0.25) is 0 Å². The van der Waals surface area contributed by atoms with Gasteiger partial charge >= 0.3 is 5.82 Å². The number of pyridine rings is 1. The molecular formula is C15H16N6O2S. The summed E-state index contributed by atoms with van der Waals surface area (Å²) in [6.45, 7) is 4.15. The third-order valence-electron chi connectivity index (χ3n) is 3.95. The van der Waals surface area contributed by atoms with Gasteiger partial charge in [-0.25, -0.2) is 0 Å². The number of fused-ring (bicyclic) bond motifs is 1. The summed E-state index contributed by atoms with van der Waals surface area (Å²) < 4.78 is 3.60. The minimum atomic E-state index is -0.399. The summed E-state index contributed by atoms with van der Waals surface area (Å²) in [4.78, 5) is 15.5. The second-order valence-electron chi connectivity index (χ2n) is 6.13. The van der Waals surface area contributed by atoms with Gasteiger partial charge in [0, 0.05) is 18.0 Å². The number of rotatable bonds is 5. The Bertz CT molecular complexity index is 927. The van der Waals surface area contributed by atoms with Gasteiger partial charge in [-0.3, -0.25) is 0 Å². The van der Waals surface area contributed by atoms with Gasteiger partial charge < -0.3 is 14.7 Å². The number of nitrogens with zero attached hydrogens (tertiary/aromatic N) is 6. The number of imidazole rings is 1. The Morgan fingerprint density at radius 3 is 2.79 bits per heavy atom. The van der Waals surface area contributed by atoms with Crippen molar-refractivity contribution in [1.82, 2.24) is 24.1 Å². The fraction of sp³-hybridized carbons (Fsp3) is 0.400. The molecule has 124 valence electrons. The van der Waals surface area contributed by atoms with Gasteiger partial charge in [-0.05, 0) is 35.6 Å². The third-order valence-corrected chi connectivity index (χ3v) is 4.88. The molecule has 0 radical (unpaired) electrons. The Kier molecular flexibility index (Phi) is 3.52. The lowest BCUT2D eigenvalue weighted by atomic mass is 10.2. The molecule has 0 amide bonds. The van der Waals surface area contributed by atoms with E-state index in [1.807, 2.05) is 6.07 Å². The number of nitro groups is 1. The van der Waals surface area contributed by atoms with Crippen LogP contribution in [0.1, 0.15) is 44.5 Å². The van der Waals surface area contributed by atoms with Crippen LogP contribution in [0, 0.1) is 10.1 Å². The van der Waals surface area contributed by atoms with E-state index in [2.05, 4.69) is 33.6 Å². The van der Waals surface area contributed by atoms with Crippen molar-refractivity contribution >= 4 is 23.2 Å². The highest BCUT2D eigenvalue weighted by Gasteiger charge is 2.32. The van der Waals surface area contributed by atoms with E-state index < -0.39 is 4.92 Å². The molecule has 0 N–H and O–H groups in total. The van der Waals surface area contributed by atoms with Crippen LogP contribution < -0.4 is 0 Å². The Balaban J connectivity index is 1.80. The first kappa shape index (κ1) is 15.1. The summed E-state index contributed by atoms with van der Waals surface area (Å²) in [6.07, 6.45) is 3.84. The molecule has 0 saturated heterocycles. The normalized spacial score (nSPS) is 14.6. The average molecular weight is 344 g/mol. The summed E-state index contributed by atoms with van der Waals surface area (Å²) >= 11 is 1.22. The van der Waals surface area contributed by atoms with Gasteiger partial charge in [-0.15, -0.1) is 10.2 Å². The van der Waals surface area contributed by atoms with Crippen molar-refractivity contribution in [1.29, 1.82) is 0 Å². The van der Waals surface area contributed by atoms with E-state index in [0.717, 1.165) is 18.7 Å². The Hall–Kier alpha value is -2.42. The third kappa shape index (κ3) is 2.44. The first-order valence-electron chi connectivity index (χ1n) is 7.80. The topological polar surface area (TPSA) is 91.2 Å². The SMILES string of the molecule is CC(C)c1nnc(Sc2nc3ccccn3c2[N+](=O)[O-])n1C1CC1. The fourth-order valence-corrected chi connectivity index (χ4v) is 3.71. The first-order chi connectivity index (χ1) is 11.6. The van der Waals surface area contributed by atoms with Crippen molar-refractivity contribution in [2.45, 2.75) is 48.8 Å². The maximum atomic E-state index is 11.5. The van der Waals surface area contributed by atoms with Crippen molar-refractivity contribution in [3.05, 3.63) is 40.3 Å². The van der Waals surface area contributed by atoms with E-state index in [9.17, 15) is 10.1 Å². The van der Waals surface area contributed by atoms with Crippen LogP contribution >= 0.6 is 11.8 Å². The number of hydrogen-bond acceptors (Lipinski definition) is 6. The quantitative estimate of drug-likeness (QED) is 0.520. The molecule has 0 atom stereocenters. The molecule has 3 aromatic rings. The molecule has 1 aliphatic carbocycles. The van der Waals surface area contributed by atoms with E-state index in [-0.39, 0.29) is 11.7 Å². The van der Waals surface area contributed by atoms with Crippen molar-refractivity contribution in [2.75, 3.05) is 0 Å². The highest BCUT2D eigenvalue weighted by molar-refractivity contribution is 7.99. The molecule has 3 aromatic heterocycles. The molecule has 24 heavy (non-hydrogen) atoms. The lowest BCUT2D eigenvalue weighted by Crippen LogP contribution is -2.04. The van der Waals surface area contributed by atoms with Crippen molar-refractivity contribution in [3.8, 4) is 0 Å². The van der Waals surface area contributed by atoms with Gasteiger partial charge in [-0.1, -0.05) is 19.9 Å². The predicted molar refractivity (Wildman–Crippen MR) is 88.4 cm³/mol. The molecule has 1 fully saturated rings. The molecule has 0 aliphatic heterocycles. The molecular weight excluding hydrogens is 328 g/mol. The molecule has 0 unspecified atom stereocenters. The molecule has 3 heterocycles. The lowest BCUT2D eigenvalue weighted by molar-refractivity contribution is -0.393. The van der Waals surface area contributed by atoms with Gasteiger partial charge in [0.15, 0.2) is 5.16 Å². The summed E-state index contributed by atoms with van der Waals surface area (Å²) in [6, 6.07) is 5.71. The van der Waals surface area contributed by atoms with Crippen LogP contribution in [0.25, 0.3) is 5.65 Å². The second-order valence-corrected chi connectivity index (χ2v) is 7.08. The molecule has 0 aromatic carbocycles. The zero-order valence-electron chi connectivity index (χ0n) is 13.3. The minimum Gasteiger partial charge on any atom is -0.358 e. The van der Waals surface area contributed by atoms with Crippen LogP contribution in [-0.2, 0) is 0 Å². The van der Waals surface area contributed by atoms with Crippen LogP contribution in [0.5, 0.6) is 0 Å². The highest BCUT2D eigenvalue weighted by atomic mass is 32.2. The number of hydrogen-bond donors (Lipinski definition) is 0. The Morgan fingerprint density at radius 1 is 1.33 bits per heavy atom. The zero-order chi connectivity index (χ0) is 16.8. The molecule has 0 bridgehead atoms. The minimum absolute atomic E-state index is 0.0351. The van der Waals surface area contributed by atoms with E-state index >= 15 is 0 Å². The molecule has 9 heteroatoms. The Morgan fingerprint density at radius 2 is 2.12 bits per heavy atom. The summed E-state index contributed by atoms with van der Waals surface area (Å²) in [5.41, 5.74) is 0.549. The van der Waals surface area contributed by atoms with E-state index in [1.165, 1.54) is 16.2 Å². The van der Waals surface area contributed by atoms with Crippen LogP contribution in [0.3, 0.4) is 0 Å².